The Morgan fingerprint density at radius 2 is 2.19 bits per heavy atom. The van der Waals surface area contributed by atoms with Gasteiger partial charge in [-0.25, -0.2) is 12.8 Å². The fourth-order valence-electron chi connectivity index (χ4n) is 1.46. The van der Waals surface area contributed by atoms with Gasteiger partial charge in [0.15, 0.2) is 10.8 Å². The third kappa shape index (κ3) is 3.08. The van der Waals surface area contributed by atoms with Crippen molar-refractivity contribution in [1.82, 2.24) is 4.98 Å². The van der Waals surface area contributed by atoms with Crippen molar-refractivity contribution in [3.63, 3.8) is 0 Å². The van der Waals surface area contributed by atoms with Gasteiger partial charge in [0.1, 0.15) is 4.21 Å². The van der Waals surface area contributed by atoms with Gasteiger partial charge < -0.3 is 5.32 Å². The number of anilines is 2. The molecule has 0 bridgehead atoms. The first kappa shape index (κ1) is 15.1. The molecule has 0 aliphatic carbocycles. The van der Waals surface area contributed by atoms with Gasteiger partial charge in [-0.2, -0.15) is 0 Å². The molecule has 0 spiro atoms. The minimum Gasteiger partial charge on any atom is -0.374 e. The maximum Gasteiger partial charge on any atom is 0.304 e. The molecule has 0 saturated heterocycles. The molecule has 112 valence electrons. The van der Waals surface area contributed by atoms with Gasteiger partial charge in [0.05, 0.1) is 16.8 Å². The van der Waals surface area contributed by atoms with E-state index >= 15 is 0 Å². The molecule has 0 radical (unpaired) electrons. The number of rotatable bonds is 5. The number of thiophene rings is 1. The van der Waals surface area contributed by atoms with Crippen LogP contribution in [0.25, 0.3) is 0 Å². The van der Waals surface area contributed by atoms with E-state index in [4.69, 9.17) is 0 Å². The highest BCUT2D eigenvalue weighted by Crippen LogP contribution is 2.37. The number of aromatic nitrogens is 1. The summed E-state index contributed by atoms with van der Waals surface area (Å²) in [5.74, 6) is -0.846. The van der Waals surface area contributed by atoms with Crippen LogP contribution in [-0.4, -0.2) is 25.4 Å². The van der Waals surface area contributed by atoms with E-state index in [1.807, 2.05) is 4.72 Å². The van der Waals surface area contributed by atoms with E-state index < -0.39 is 20.8 Å². The molecule has 0 aliphatic heterocycles. The van der Waals surface area contributed by atoms with Gasteiger partial charge in [0, 0.05) is 19.3 Å². The minimum atomic E-state index is -4.12. The highest BCUT2D eigenvalue weighted by atomic mass is 32.2. The normalized spacial score (nSPS) is 11.1. The lowest BCUT2D eigenvalue weighted by molar-refractivity contribution is -0.383. The van der Waals surface area contributed by atoms with Gasteiger partial charge in [-0.05, 0) is 6.07 Å². The van der Waals surface area contributed by atoms with Gasteiger partial charge in [-0.1, -0.05) is 11.3 Å². The van der Waals surface area contributed by atoms with Crippen molar-refractivity contribution < 1.29 is 17.7 Å². The molecule has 11 heteroatoms. The number of hydrogen-bond acceptors (Lipinski definition) is 7. The molecular formula is C10H9FN4O4S2. The zero-order chi connectivity index (χ0) is 15.6. The smallest absolute Gasteiger partial charge is 0.304 e. The average Bonchev–Trinajstić information content (AvgIpc) is 2.86. The number of pyridine rings is 1. The topological polar surface area (TPSA) is 114 Å². The number of hydrogen-bond donors (Lipinski definition) is 2. The highest BCUT2D eigenvalue weighted by Gasteiger charge is 2.26. The molecule has 2 aromatic rings. The Bertz CT molecular complexity index is 790. The maximum atomic E-state index is 13.4. The van der Waals surface area contributed by atoms with Gasteiger partial charge >= 0.3 is 5.69 Å². The Morgan fingerprint density at radius 1 is 1.48 bits per heavy atom. The van der Waals surface area contributed by atoms with E-state index in [0.29, 0.717) is 11.3 Å². The predicted octanol–water partition coefficient (Wildman–Crippen LogP) is 2.03. The largest absolute Gasteiger partial charge is 0.374 e. The van der Waals surface area contributed by atoms with Crippen LogP contribution in [-0.2, 0) is 10.0 Å². The average molecular weight is 332 g/mol. The van der Waals surface area contributed by atoms with Crippen molar-refractivity contribution in [2.24, 2.45) is 0 Å². The van der Waals surface area contributed by atoms with Gasteiger partial charge in [0.2, 0.25) is 0 Å². The third-order valence-corrected chi connectivity index (χ3v) is 5.38. The summed E-state index contributed by atoms with van der Waals surface area (Å²) < 4.78 is 39.4. The molecule has 2 N–H and O–H groups in total. The van der Waals surface area contributed by atoms with Crippen LogP contribution in [0.4, 0.5) is 20.8 Å². The van der Waals surface area contributed by atoms with E-state index in [-0.39, 0.29) is 20.6 Å². The number of sulfonamides is 1. The fourth-order valence-corrected chi connectivity index (χ4v) is 3.81. The van der Waals surface area contributed by atoms with Crippen molar-refractivity contribution in [2.45, 2.75) is 4.21 Å². The van der Waals surface area contributed by atoms with Crippen LogP contribution in [0, 0.1) is 15.9 Å². The molecule has 0 atom stereocenters. The molecule has 8 nitrogen and oxygen atoms in total. The van der Waals surface area contributed by atoms with Crippen LogP contribution in [0.3, 0.4) is 0 Å². The van der Waals surface area contributed by atoms with E-state index in [1.165, 1.54) is 13.2 Å². The Balaban J connectivity index is 2.41. The van der Waals surface area contributed by atoms with Crippen molar-refractivity contribution in [2.75, 3.05) is 17.1 Å². The van der Waals surface area contributed by atoms with Crippen LogP contribution < -0.4 is 10.0 Å². The van der Waals surface area contributed by atoms with Crippen molar-refractivity contribution in [3.8, 4) is 0 Å². The monoisotopic (exact) mass is 332 g/mol. The zero-order valence-corrected chi connectivity index (χ0v) is 12.2. The van der Waals surface area contributed by atoms with Crippen LogP contribution in [0.15, 0.2) is 28.7 Å². The summed E-state index contributed by atoms with van der Waals surface area (Å²) in [4.78, 5) is 13.6. The summed E-state index contributed by atoms with van der Waals surface area (Å²) in [6.07, 6.45) is 2.07. The van der Waals surface area contributed by atoms with Gasteiger partial charge in [-0.3, -0.25) is 19.8 Å². The molecular weight excluding hydrogens is 323 g/mol. The van der Waals surface area contributed by atoms with Crippen LogP contribution >= 0.6 is 11.3 Å². The van der Waals surface area contributed by atoms with Crippen molar-refractivity contribution in [1.29, 1.82) is 0 Å². The Kier molecular flexibility index (Phi) is 4.04. The number of nitro groups is 1. The quantitative estimate of drug-likeness (QED) is 0.639. The summed E-state index contributed by atoms with van der Waals surface area (Å²) in [6, 6.07) is 2.06. The molecule has 0 aromatic carbocycles. The first-order chi connectivity index (χ1) is 9.85. The summed E-state index contributed by atoms with van der Waals surface area (Å²) in [5, 5.41) is 13.5. The minimum absolute atomic E-state index is 0.0931. The standard InChI is InChI=1S/C10H9FN4O4S2/c1-12-10-8(15(16)17)4-9(20-10)21(18,19)14-7-2-3-13-5-6(7)11/h2-5,12H,1H3,(H,13,14). The second-order valence-corrected chi connectivity index (χ2v) is 6.71. The summed E-state index contributed by atoms with van der Waals surface area (Å²) in [5.41, 5.74) is -0.648. The second kappa shape index (κ2) is 5.61. The number of nitrogens with zero attached hydrogens (tertiary/aromatic N) is 2. The Labute approximate surface area is 122 Å². The molecule has 0 aliphatic rings. The van der Waals surface area contributed by atoms with Gasteiger partial charge in [0.25, 0.3) is 10.0 Å². The lowest BCUT2D eigenvalue weighted by Gasteiger charge is -2.06. The van der Waals surface area contributed by atoms with E-state index in [9.17, 15) is 22.9 Å². The third-order valence-electron chi connectivity index (χ3n) is 2.40. The first-order valence-electron chi connectivity index (χ1n) is 5.43. The second-order valence-electron chi connectivity index (χ2n) is 3.75. The lowest BCUT2D eigenvalue weighted by Crippen LogP contribution is -2.12. The van der Waals surface area contributed by atoms with E-state index in [1.54, 1.807) is 0 Å². The van der Waals surface area contributed by atoms with E-state index in [0.717, 1.165) is 18.3 Å². The maximum absolute atomic E-state index is 13.4. The lowest BCUT2D eigenvalue weighted by atomic mass is 10.4. The molecule has 2 heterocycles. The molecule has 0 fully saturated rings. The zero-order valence-electron chi connectivity index (χ0n) is 10.5. The van der Waals surface area contributed by atoms with Crippen LogP contribution in [0.2, 0.25) is 0 Å². The molecule has 0 saturated carbocycles. The summed E-state index contributed by atoms with van der Waals surface area (Å²) in [6.45, 7) is 0. The Hall–Kier alpha value is -2.27. The molecule has 0 unspecified atom stereocenters. The van der Waals surface area contributed by atoms with Crippen molar-refractivity contribution in [3.05, 3.63) is 40.5 Å². The summed E-state index contributed by atoms with van der Waals surface area (Å²) in [7, 11) is -2.69. The SMILES string of the molecule is CNc1sc(S(=O)(=O)Nc2ccncc2F)cc1[N+](=O)[O-]. The van der Waals surface area contributed by atoms with Gasteiger partial charge in [-0.15, -0.1) is 0 Å². The first-order valence-corrected chi connectivity index (χ1v) is 7.73. The Morgan fingerprint density at radius 3 is 2.71 bits per heavy atom. The van der Waals surface area contributed by atoms with Crippen LogP contribution in [0.5, 0.6) is 0 Å². The predicted molar refractivity (Wildman–Crippen MR) is 75.5 cm³/mol. The molecule has 0 amide bonds. The van der Waals surface area contributed by atoms with Crippen molar-refractivity contribution >= 4 is 37.7 Å². The van der Waals surface area contributed by atoms with E-state index in [2.05, 4.69) is 10.3 Å². The fraction of sp³-hybridized carbons (Fsp3) is 0.100. The molecule has 2 aromatic heterocycles. The molecule has 21 heavy (non-hydrogen) atoms. The summed E-state index contributed by atoms with van der Waals surface area (Å²) >= 11 is 0.679. The molecule has 2 rings (SSSR count). The highest BCUT2D eigenvalue weighted by molar-refractivity contribution is 7.94. The van der Waals surface area contributed by atoms with Crippen LogP contribution in [0.1, 0.15) is 0 Å². The number of nitrogens with one attached hydrogen (secondary N) is 2. The number of halogens is 1.